The van der Waals surface area contributed by atoms with Gasteiger partial charge in [0.25, 0.3) is 0 Å². The average Bonchev–Trinajstić information content (AvgIpc) is 2.98. The minimum Gasteiger partial charge on any atom is -0.493 e. The van der Waals surface area contributed by atoms with Crippen molar-refractivity contribution in [3.8, 4) is 11.5 Å². The van der Waals surface area contributed by atoms with Crippen LogP contribution in [0.2, 0.25) is 0 Å². The van der Waals surface area contributed by atoms with Gasteiger partial charge in [-0.2, -0.15) is 8.78 Å². The largest absolute Gasteiger partial charge is 0.493 e. The standard InChI is InChI=1S/C18H16F2N2O3/c1-24-15-7-6-12(9-16(15)25-18(19)20)22-17(23)8-11-10-21-14-5-3-2-4-13(11)14/h2-7,9-10,18,21H,8H2,1H3,(H,22,23). The lowest BCUT2D eigenvalue weighted by molar-refractivity contribution is -0.115. The molecule has 1 amide bonds. The number of alkyl halides is 2. The Hall–Kier alpha value is -3.09. The van der Waals surface area contributed by atoms with Gasteiger partial charge in [0.2, 0.25) is 5.91 Å². The first-order valence-corrected chi connectivity index (χ1v) is 7.54. The van der Waals surface area contributed by atoms with Crippen LogP contribution in [0.1, 0.15) is 5.56 Å². The second kappa shape index (κ2) is 7.21. The molecule has 1 aromatic heterocycles. The molecule has 1 heterocycles. The third-order valence-corrected chi connectivity index (χ3v) is 3.69. The fourth-order valence-corrected chi connectivity index (χ4v) is 2.60. The number of ether oxygens (including phenoxy) is 2. The number of carbonyl (C=O) groups excluding carboxylic acids is 1. The van der Waals surface area contributed by atoms with Gasteiger partial charge in [0, 0.05) is 28.9 Å². The molecule has 5 nitrogen and oxygen atoms in total. The van der Waals surface area contributed by atoms with E-state index in [9.17, 15) is 13.6 Å². The molecule has 0 unspecified atom stereocenters. The highest BCUT2D eigenvalue weighted by Gasteiger charge is 2.13. The number of nitrogens with one attached hydrogen (secondary N) is 2. The van der Waals surface area contributed by atoms with Crippen LogP contribution in [-0.4, -0.2) is 24.6 Å². The van der Waals surface area contributed by atoms with Gasteiger partial charge in [-0.1, -0.05) is 18.2 Å². The quantitative estimate of drug-likeness (QED) is 0.710. The SMILES string of the molecule is COc1ccc(NC(=O)Cc2c[nH]c3ccccc23)cc1OC(F)F. The fourth-order valence-electron chi connectivity index (χ4n) is 2.60. The Balaban J connectivity index is 1.74. The van der Waals surface area contributed by atoms with E-state index in [1.54, 1.807) is 12.3 Å². The first-order valence-electron chi connectivity index (χ1n) is 7.54. The molecule has 3 rings (SSSR count). The summed E-state index contributed by atoms with van der Waals surface area (Å²) in [5.74, 6) is -0.241. The highest BCUT2D eigenvalue weighted by molar-refractivity contribution is 5.96. The van der Waals surface area contributed by atoms with Crippen molar-refractivity contribution < 1.29 is 23.0 Å². The van der Waals surface area contributed by atoms with Gasteiger partial charge in [0.05, 0.1) is 13.5 Å². The normalized spacial score (nSPS) is 10.9. The second-order valence-electron chi connectivity index (χ2n) is 5.33. The number of carbonyl (C=O) groups is 1. The van der Waals surface area contributed by atoms with Crippen LogP contribution >= 0.6 is 0 Å². The van der Waals surface area contributed by atoms with E-state index in [0.29, 0.717) is 5.69 Å². The number of rotatable bonds is 6. The van der Waals surface area contributed by atoms with Crippen molar-refractivity contribution in [1.82, 2.24) is 4.98 Å². The topological polar surface area (TPSA) is 63.3 Å². The Kier molecular flexibility index (Phi) is 4.83. The van der Waals surface area contributed by atoms with Crippen LogP contribution in [0, 0.1) is 0 Å². The molecule has 0 fully saturated rings. The van der Waals surface area contributed by atoms with Gasteiger partial charge in [-0.15, -0.1) is 0 Å². The molecule has 130 valence electrons. The maximum Gasteiger partial charge on any atom is 0.387 e. The number of H-pyrrole nitrogens is 1. The van der Waals surface area contributed by atoms with Crippen molar-refractivity contribution in [2.75, 3.05) is 12.4 Å². The number of benzene rings is 2. The molecule has 0 saturated heterocycles. The molecule has 7 heteroatoms. The van der Waals surface area contributed by atoms with E-state index in [2.05, 4.69) is 15.0 Å². The monoisotopic (exact) mass is 346 g/mol. The number of para-hydroxylation sites is 1. The first kappa shape index (κ1) is 16.8. The van der Waals surface area contributed by atoms with Gasteiger partial charge in [-0.05, 0) is 23.8 Å². The summed E-state index contributed by atoms with van der Waals surface area (Å²) in [6.45, 7) is -2.98. The summed E-state index contributed by atoms with van der Waals surface area (Å²) in [4.78, 5) is 15.4. The number of anilines is 1. The van der Waals surface area contributed by atoms with Crippen molar-refractivity contribution in [1.29, 1.82) is 0 Å². The Bertz CT molecular complexity index is 893. The predicted octanol–water partition coefficient (Wildman–Crippen LogP) is 3.96. The molecule has 2 aromatic carbocycles. The van der Waals surface area contributed by atoms with E-state index in [0.717, 1.165) is 16.5 Å². The summed E-state index contributed by atoms with van der Waals surface area (Å²) >= 11 is 0. The first-order chi connectivity index (χ1) is 12.1. The lowest BCUT2D eigenvalue weighted by Crippen LogP contribution is -2.14. The minimum absolute atomic E-state index is 0.137. The maximum atomic E-state index is 12.5. The molecule has 0 aliphatic heterocycles. The van der Waals surface area contributed by atoms with Crippen molar-refractivity contribution in [2.45, 2.75) is 13.0 Å². The Morgan fingerprint density at radius 3 is 2.76 bits per heavy atom. The lowest BCUT2D eigenvalue weighted by atomic mass is 10.1. The summed E-state index contributed by atoms with van der Waals surface area (Å²) in [5.41, 5.74) is 2.15. The summed E-state index contributed by atoms with van der Waals surface area (Å²) in [6, 6.07) is 12.0. The number of aromatic amines is 1. The zero-order valence-electron chi connectivity index (χ0n) is 13.4. The van der Waals surface area contributed by atoms with Gasteiger partial charge < -0.3 is 19.8 Å². The van der Waals surface area contributed by atoms with Gasteiger partial charge in [-0.25, -0.2) is 0 Å². The Labute approximate surface area is 142 Å². The molecule has 0 aliphatic carbocycles. The molecule has 2 N–H and O–H groups in total. The van der Waals surface area contributed by atoms with Crippen molar-refractivity contribution >= 4 is 22.5 Å². The van der Waals surface area contributed by atoms with Crippen LogP contribution < -0.4 is 14.8 Å². The second-order valence-corrected chi connectivity index (χ2v) is 5.33. The number of aromatic nitrogens is 1. The van der Waals surface area contributed by atoms with Crippen molar-refractivity contribution in [2.24, 2.45) is 0 Å². The molecule has 0 aliphatic rings. The molecule has 0 spiro atoms. The molecule has 0 atom stereocenters. The number of fused-ring (bicyclic) bond motifs is 1. The average molecular weight is 346 g/mol. The van der Waals surface area contributed by atoms with E-state index in [1.807, 2.05) is 24.3 Å². The summed E-state index contributed by atoms with van der Waals surface area (Å²) in [7, 11) is 1.35. The molecular weight excluding hydrogens is 330 g/mol. The molecule has 3 aromatic rings. The fraction of sp³-hybridized carbons (Fsp3) is 0.167. The van der Waals surface area contributed by atoms with Crippen molar-refractivity contribution in [3.63, 3.8) is 0 Å². The highest BCUT2D eigenvalue weighted by atomic mass is 19.3. The van der Waals surface area contributed by atoms with Crippen molar-refractivity contribution in [3.05, 3.63) is 54.2 Å². The lowest BCUT2D eigenvalue weighted by Gasteiger charge is -2.12. The summed E-state index contributed by atoms with van der Waals surface area (Å²) in [5, 5.41) is 3.64. The van der Waals surface area contributed by atoms with E-state index < -0.39 is 6.61 Å². The van der Waals surface area contributed by atoms with Gasteiger partial charge in [-0.3, -0.25) is 4.79 Å². The minimum atomic E-state index is -2.98. The summed E-state index contributed by atoms with van der Waals surface area (Å²) in [6.07, 6.45) is 1.94. The van der Waals surface area contributed by atoms with E-state index in [-0.39, 0.29) is 23.8 Å². The van der Waals surface area contributed by atoms with Gasteiger partial charge in [0.15, 0.2) is 11.5 Å². The van der Waals surface area contributed by atoms with Crippen LogP contribution in [0.15, 0.2) is 48.7 Å². The molecule has 0 saturated carbocycles. The van der Waals surface area contributed by atoms with E-state index >= 15 is 0 Å². The molecule has 0 radical (unpaired) electrons. The maximum absolute atomic E-state index is 12.5. The smallest absolute Gasteiger partial charge is 0.387 e. The Morgan fingerprint density at radius 2 is 2.00 bits per heavy atom. The number of amides is 1. The van der Waals surface area contributed by atoms with Crippen LogP contribution in [0.4, 0.5) is 14.5 Å². The zero-order chi connectivity index (χ0) is 17.8. The van der Waals surface area contributed by atoms with Crippen LogP contribution in [0.25, 0.3) is 10.9 Å². The van der Waals surface area contributed by atoms with Crippen LogP contribution in [-0.2, 0) is 11.2 Å². The highest BCUT2D eigenvalue weighted by Crippen LogP contribution is 2.31. The number of halogens is 2. The molecule has 25 heavy (non-hydrogen) atoms. The third-order valence-electron chi connectivity index (χ3n) is 3.69. The third kappa shape index (κ3) is 3.88. The Morgan fingerprint density at radius 1 is 1.20 bits per heavy atom. The van der Waals surface area contributed by atoms with E-state index in [1.165, 1.54) is 19.2 Å². The number of hydrogen-bond donors (Lipinski definition) is 2. The van der Waals surface area contributed by atoms with Gasteiger partial charge >= 0.3 is 6.61 Å². The van der Waals surface area contributed by atoms with Crippen LogP contribution in [0.3, 0.4) is 0 Å². The van der Waals surface area contributed by atoms with E-state index in [4.69, 9.17) is 4.74 Å². The number of hydrogen-bond acceptors (Lipinski definition) is 3. The number of methoxy groups -OCH3 is 1. The van der Waals surface area contributed by atoms with Crippen LogP contribution in [0.5, 0.6) is 11.5 Å². The van der Waals surface area contributed by atoms with Gasteiger partial charge in [0.1, 0.15) is 0 Å². The summed E-state index contributed by atoms with van der Waals surface area (Å²) < 4.78 is 34.3. The zero-order valence-corrected chi connectivity index (χ0v) is 13.4. The molecular formula is C18H16F2N2O3. The predicted molar refractivity (Wildman–Crippen MR) is 90.3 cm³/mol. The molecule has 0 bridgehead atoms.